The van der Waals surface area contributed by atoms with Crippen LogP contribution in [-0.2, 0) is 16.1 Å². The Morgan fingerprint density at radius 1 is 1.50 bits per heavy atom. The van der Waals surface area contributed by atoms with E-state index < -0.39 is 5.41 Å². The molecule has 0 aliphatic carbocycles. The molecule has 4 nitrogen and oxygen atoms in total. The highest BCUT2D eigenvalue weighted by molar-refractivity contribution is 9.10. The van der Waals surface area contributed by atoms with Crippen molar-refractivity contribution in [3.63, 3.8) is 0 Å². The van der Waals surface area contributed by atoms with Crippen LogP contribution in [0.15, 0.2) is 28.7 Å². The Morgan fingerprint density at radius 2 is 2.17 bits per heavy atom. The lowest BCUT2D eigenvalue weighted by Crippen LogP contribution is -2.58. The Kier molecular flexibility index (Phi) is 4.04. The first kappa shape index (κ1) is 13.5. The van der Waals surface area contributed by atoms with Gasteiger partial charge in [-0.05, 0) is 11.6 Å². The molecule has 1 amide bonds. The summed E-state index contributed by atoms with van der Waals surface area (Å²) in [6.07, 6.45) is 0. The van der Waals surface area contributed by atoms with Crippen molar-refractivity contribution in [2.75, 3.05) is 26.8 Å². The zero-order chi connectivity index (χ0) is 13.2. The Balaban J connectivity index is 2.06. The van der Waals surface area contributed by atoms with Crippen molar-refractivity contribution in [3.8, 4) is 0 Å². The van der Waals surface area contributed by atoms with E-state index in [1.807, 2.05) is 24.3 Å². The second-order valence-electron chi connectivity index (χ2n) is 4.73. The summed E-state index contributed by atoms with van der Waals surface area (Å²) in [6, 6.07) is 7.89. The molecule has 18 heavy (non-hydrogen) atoms. The van der Waals surface area contributed by atoms with Gasteiger partial charge in [0, 0.05) is 24.6 Å². The fourth-order valence-corrected chi connectivity index (χ4v) is 2.45. The van der Waals surface area contributed by atoms with Gasteiger partial charge in [0.15, 0.2) is 0 Å². The number of amides is 1. The fourth-order valence-electron chi connectivity index (χ4n) is 2.04. The van der Waals surface area contributed by atoms with E-state index in [1.54, 1.807) is 11.9 Å². The molecule has 0 unspecified atom stereocenters. The highest BCUT2D eigenvalue weighted by Crippen LogP contribution is 2.29. The van der Waals surface area contributed by atoms with Crippen molar-refractivity contribution < 1.29 is 9.53 Å². The maximum absolute atomic E-state index is 12.3. The summed E-state index contributed by atoms with van der Waals surface area (Å²) >= 11 is 3.49. The predicted molar refractivity (Wildman–Crippen MR) is 72.9 cm³/mol. The summed E-state index contributed by atoms with van der Waals surface area (Å²) < 4.78 is 6.15. The number of rotatable bonds is 4. The van der Waals surface area contributed by atoms with Crippen LogP contribution in [0.2, 0.25) is 0 Å². The van der Waals surface area contributed by atoms with Crippen molar-refractivity contribution in [2.45, 2.75) is 6.54 Å². The lowest BCUT2D eigenvalue weighted by molar-refractivity contribution is -0.169. The monoisotopic (exact) mass is 312 g/mol. The van der Waals surface area contributed by atoms with Crippen molar-refractivity contribution in [3.05, 3.63) is 34.3 Å². The van der Waals surface area contributed by atoms with Crippen molar-refractivity contribution in [1.82, 2.24) is 4.90 Å². The standard InChI is InChI=1S/C13H17BrN2O2/c1-16(6-10-4-2-3-5-11(10)14)12(17)13(7-15)8-18-9-13/h2-5H,6-9,15H2,1H3. The summed E-state index contributed by atoms with van der Waals surface area (Å²) in [5.41, 5.74) is 6.27. The first-order chi connectivity index (χ1) is 8.59. The molecule has 0 spiro atoms. The van der Waals surface area contributed by atoms with E-state index in [0.717, 1.165) is 10.0 Å². The third-order valence-corrected chi connectivity index (χ3v) is 4.09. The van der Waals surface area contributed by atoms with Crippen LogP contribution in [0.5, 0.6) is 0 Å². The van der Waals surface area contributed by atoms with Gasteiger partial charge < -0.3 is 15.4 Å². The third kappa shape index (κ3) is 2.43. The van der Waals surface area contributed by atoms with E-state index in [9.17, 15) is 4.79 Å². The van der Waals surface area contributed by atoms with Crippen molar-refractivity contribution >= 4 is 21.8 Å². The molecule has 0 bridgehead atoms. The van der Waals surface area contributed by atoms with Gasteiger partial charge in [0.2, 0.25) is 5.91 Å². The Labute approximate surface area is 115 Å². The highest BCUT2D eigenvalue weighted by Gasteiger charge is 2.46. The van der Waals surface area contributed by atoms with Gasteiger partial charge in [-0.1, -0.05) is 34.1 Å². The van der Waals surface area contributed by atoms with Gasteiger partial charge >= 0.3 is 0 Å². The SMILES string of the molecule is CN(Cc1ccccc1Br)C(=O)C1(CN)COC1. The first-order valence-corrected chi connectivity index (χ1v) is 6.65. The highest BCUT2D eigenvalue weighted by atomic mass is 79.9. The molecule has 1 heterocycles. The van der Waals surface area contributed by atoms with Crippen LogP contribution in [0.25, 0.3) is 0 Å². The third-order valence-electron chi connectivity index (χ3n) is 3.31. The second-order valence-corrected chi connectivity index (χ2v) is 5.58. The number of carbonyl (C=O) groups is 1. The number of ether oxygens (including phenoxy) is 1. The molecule has 2 rings (SSSR count). The van der Waals surface area contributed by atoms with Gasteiger partial charge in [0.05, 0.1) is 13.2 Å². The number of benzene rings is 1. The number of nitrogens with zero attached hydrogens (tertiary/aromatic N) is 1. The molecule has 1 aromatic rings. The van der Waals surface area contributed by atoms with Crippen LogP contribution in [0.1, 0.15) is 5.56 Å². The number of carbonyl (C=O) groups excluding carboxylic acids is 1. The molecule has 1 aliphatic rings. The average molecular weight is 313 g/mol. The molecule has 2 N–H and O–H groups in total. The second kappa shape index (κ2) is 5.38. The fraction of sp³-hybridized carbons (Fsp3) is 0.462. The van der Waals surface area contributed by atoms with Gasteiger partial charge in [-0.2, -0.15) is 0 Å². The zero-order valence-electron chi connectivity index (χ0n) is 10.4. The minimum atomic E-state index is -0.504. The van der Waals surface area contributed by atoms with Crippen LogP contribution >= 0.6 is 15.9 Å². The molecule has 0 aromatic heterocycles. The summed E-state index contributed by atoms with van der Waals surface area (Å²) in [6.45, 7) is 1.78. The van der Waals surface area contributed by atoms with Gasteiger partial charge in [-0.25, -0.2) is 0 Å². The smallest absolute Gasteiger partial charge is 0.234 e. The topological polar surface area (TPSA) is 55.6 Å². The number of hydrogen-bond donors (Lipinski definition) is 1. The molecular weight excluding hydrogens is 296 g/mol. The molecule has 1 saturated heterocycles. The first-order valence-electron chi connectivity index (χ1n) is 5.86. The normalized spacial score (nSPS) is 17.1. The predicted octanol–water partition coefficient (Wildman–Crippen LogP) is 1.38. The Bertz CT molecular complexity index is 441. The Hall–Kier alpha value is -0.910. The minimum Gasteiger partial charge on any atom is -0.379 e. The molecule has 0 atom stereocenters. The quantitative estimate of drug-likeness (QED) is 0.914. The van der Waals surface area contributed by atoms with Gasteiger partial charge in [0.25, 0.3) is 0 Å². The molecule has 1 fully saturated rings. The van der Waals surface area contributed by atoms with E-state index in [0.29, 0.717) is 26.3 Å². The van der Waals surface area contributed by atoms with Gasteiger partial charge in [-0.3, -0.25) is 4.79 Å². The van der Waals surface area contributed by atoms with E-state index in [2.05, 4.69) is 15.9 Å². The summed E-state index contributed by atoms with van der Waals surface area (Å²) in [5.74, 6) is 0.0620. The molecule has 1 aromatic carbocycles. The van der Waals surface area contributed by atoms with Crippen LogP contribution in [0.4, 0.5) is 0 Å². The van der Waals surface area contributed by atoms with E-state index in [4.69, 9.17) is 10.5 Å². The zero-order valence-corrected chi connectivity index (χ0v) is 11.9. The molecule has 98 valence electrons. The van der Waals surface area contributed by atoms with Crippen molar-refractivity contribution in [2.24, 2.45) is 11.1 Å². The van der Waals surface area contributed by atoms with E-state index in [1.165, 1.54) is 0 Å². The van der Waals surface area contributed by atoms with E-state index >= 15 is 0 Å². The Morgan fingerprint density at radius 3 is 2.67 bits per heavy atom. The average Bonchev–Trinajstić information content (AvgIpc) is 2.31. The summed E-state index contributed by atoms with van der Waals surface area (Å²) in [4.78, 5) is 14.1. The van der Waals surface area contributed by atoms with Gasteiger partial charge in [-0.15, -0.1) is 0 Å². The maximum Gasteiger partial charge on any atom is 0.234 e. The summed E-state index contributed by atoms with van der Waals surface area (Å²) in [5, 5.41) is 0. The molecule has 5 heteroatoms. The number of nitrogens with two attached hydrogens (primary N) is 1. The van der Waals surface area contributed by atoms with Crippen LogP contribution in [0.3, 0.4) is 0 Å². The molecule has 0 radical (unpaired) electrons. The summed E-state index contributed by atoms with van der Waals surface area (Å²) in [7, 11) is 1.80. The largest absolute Gasteiger partial charge is 0.379 e. The van der Waals surface area contributed by atoms with Crippen molar-refractivity contribution in [1.29, 1.82) is 0 Å². The lowest BCUT2D eigenvalue weighted by atomic mass is 9.84. The maximum atomic E-state index is 12.3. The lowest BCUT2D eigenvalue weighted by Gasteiger charge is -2.41. The van der Waals surface area contributed by atoms with Crippen LogP contribution in [-0.4, -0.2) is 37.6 Å². The number of halogens is 1. The van der Waals surface area contributed by atoms with E-state index in [-0.39, 0.29) is 5.91 Å². The molecule has 0 saturated carbocycles. The molecule has 1 aliphatic heterocycles. The van der Waals surface area contributed by atoms with Crippen LogP contribution in [0, 0.1) is 5.41 Å². The molecular formula is C13H17BrN2O2. The minimum absolute atomic E-state index is 0.0620. The number of hydrogen-bond acceptors (Lipinski definition) is 3. The van der Waals surface area contributed by atoms with Crippen LogP contribution < -0.4 is 5.73 Å². The van der Waals surface area contributed by atoms with Gasteiger partial charge in [0.1, 0.15) is 5.41 Å².